The molecule has 102 valence electrons. The van der Waals surface area contributed by atoms with E-state index < -0.39 is 0 Å². The van der Waals surface area contributed by atoms with Crippen molar-refractivity contribution in [1.29, 1.82) is 0 Å². The molecule has 3 nitrogen and oxygen atoms in total. The molecule has 0 saturated carbocycles. The van der Waals surface area contributed by atoms with Crippen molar-refractivity contribution < 1.29 is 9.53 Å². The summed E-state index contributed by atoms with van der Waals surface area (Å²) in [7, 11) is 0. The quantitative estimate of drug-likeness (QED) is 0.712. The lowest BCUT2D eigenvalue weighted by Gasteiger charge is -2.14. The Hall–Kier alpha value is -0.740. The van der Waals surface area contributed by atoms with Gasteiger partial charge in [0, 0.05) is 23.8 Å². The molecule has 1 rings (SSSR count). The molecule has 0 aliphatic heterocycles. The highest BCUT2D eigenvalue weighted by Gasteiger charge is 2.18. The summed E-state index contributed by atoms with van der Waals surface area (Å²) in [5, 5.41) is 2.97. The maximum absolute atomic E-state index is 11.7. The SMILES string of the molecule is CCCOCCC(=O)Cc1nc(C(C)(C)C)cs1. The zero-order valence-corrected chi connectivity index (χ0v) is 12.6. The third-order valence-electron chi connectivity index (χ3n) is 2.54. The molecule has 0 bridgehead atoms. The number of carbonyl (C=O) groups excluding carboxylic acids is 1. The molecule has 0 aromatic carbocycles. The highest BCUT2D eigenvalue weighted by molar-refractivity contribution is 7.09. The van der Waals surface area contributed by atoms with Crippen LogP contribution in [0.25, 0.3) is 0 Å². The van der Waals surface area contributed by atoms with E-state index in [2.05, 4.69) is 38.1 Å². The summed E-state index contributed by atoms with van der Waals surface area (Å²) in [4.78, 5) is 16.2. The molecule has 0 fully saturated rings. The molecule has 0 amide bonds. The van der Waals surface area contributed by atoms with Gasteiger partial charge in [-0.15, -0.1) is 11.3 Å². The Morgan fingerprint density at radius 3 is 2.67 bits per heavy atom. The van der Waals surface area contributed by atoms with Gasteiger partial charge in [0.1, 0.15) is 10.8 Å². The van der Waals surface area contributed by atoms with Crippen LogP contribution in [-0.2, 0) is 21.4 Å². The van der Waals surface area contributed by atoms with Crippen molar-refractivity contribution in [3.8, 4) is 0 Å². The van der Waals surface area contributed by atoms with Gasteiger partial charge in [-0.05, 0) is 6.42 Å². The predicted molar refractivity (Wildman–Crippen MR) is 75.3 cm³/mol. The van der Waals surface area contributed by atoms with Crippen molar-refractivity contribution in [3.63, 3.8) is 0 Å². The molecule has 0 aliphatic carbocycles. The summed E-state index contributed by atoms with van der Waals surface area (Å²) >= 11 is 1.58. The van der Waals surface area contributed by atoms with E-state index in [1.54, 1.807) is 11.3 Å². The third kappa shape index (κ3) is 5.27. The van der Waals surface area contributed by atoms with Gasteiger partial charge in [-0.3, -0.25) is 4.79 Å². The molecule has 0 aliphatic rings. The second-order valence-electron chi connectivity index (χ2n) is 5.45. The van der Waals surface area contributed by atoms with Crippen LogP contribution < -0.4 is 0 Å². The molecule has 0 saturated heterocycles. The van der Waals surface area contributed by atoms with Crippen LogP contribution in [-0.4, -0.2) is 24.0 Å². The van der Waals surface area contributed by atoms with Gasteiger partial charge in [-0.1, -0.05) is 27.7 Å². The van der Waals surface area contributed by atoms with Crippen molar-refractivity contribution in [1.82, 2.24) is 4.98 Å². The molecular formula is C14H23NO2S. The van der Waals surface area contributed by atoms with E-state index in [1.807, 2.05) is 0 Å². The van der Waals surface area contributed by atoms with Gasteiger partial charge in [0.15, 0.2) is 0 Å². The fourth-order valence-corrected chi connectivity index (χ4v) is 2.48. The largest absolute Gasteiger partial charge is 0.381 e. The number of aromatic nitrogens is 1. The zero-order chi connectivity index (χ0) is 13.6. The molecule has 1 aromatic rings. The lowest BCUT2D eigenvalue weighted by molar-refractivity contribution is -0.119. The Morgan fingerprint density at radius 2 is 2.11 bits per heavy atom. The maximum atomic E-state index is 11.7. The average molecular weight is 269 g/mol. The van der Waals surface area contributed by atoms with Gasteiger partial charge >= 0.3 is 0 Å². The highest BCUT2D eigenvalue weighted by Crippen LogP contribution is 2.24. The van der Waals surface area contributed by atoms with Gasteiger partial charge in [0.25, 0.3) is 0 Å². The average Bonchev–Trinajstić information content (AvgIpc) is 2.72. The number of nitrogens with zero attached hydrogens (tertiary/aromatic N) is 1. The first-order valence-corrected chi connectivity index (χ1v) is 7.35. The van der Waals surface area contributed by atoms with Crippen molar-refractivity contribution in [2.45, 2.75) is 52.4 Å². The Balaban J connectivity index is 2.38. The van der Waals surface area contributed by atoms with Gasteiger partial charge in [0.2, 0.25) is 0 Å². The minimum atomic E-state index is 0.0576. The molecule has 1 heterocycles. The first kappa shape index (κ1) is 15.3. The number of hydrogen-bond donors (Lipinski definition) is 0. The number of Topliss-reactive ketones (excluding diaryl/α,β-unsaturated/α-hetero) is 1. The van der Waals surface area contributed by atoms with Gasteiger partial charge in [-0.2, -0.15) is 0 Å². The van der Waals surface area contributed by atoms with Crippen LogP contribution in [0.4, 0.5) is 0 Å². The molecule has 0 atom stereocenters. The van der Waals surface area contributed by atoms with Crippen LogP contribution in [0.2, 0.25) is 0 Å². The first-order chi connectivity index (χ1) is 8.43. The summed E-state index contributed by atoms with van der Waals surface area (Å²) in [6, 6.07) is 0. The number of carbonyl (C=O) groups is 1. The molecule has 18 heavy (non-hydrogen) atoms. The zero-order valence-electron chi connectivity index (χ0n) is 11.8. The van der Waals surface area contributed by atoms with Crippen LogP contribution in [0, 0.1) is 0 Å². The van der Waals surface area contributed by atoms with E-state index in [0.717, 1.165) is 23.7 Å². The van der Waals surface area contributed by atoms with Gasteiger partial charge < -0.3 is 4.74 Å². The molecule has 0 unspecified atom stereocenters. The van der Waals surface area contributed by atoms with E-state index in [0.29, 0.717) is 19.4 Å². The second-order valence-corrected chi connectivity index (χ2v) is 6.40. The number of thiazole rings is 1. The lowest BCUT2D eigenvalue weighted by Crippen LogP contribution is -2.12. The fraction of sp³-hybridized carbons (Fsp3) is 0.714. The topological polar surface area (TPSA) is 39.2 Å². The standard InChI is InChI=1S/C14H23NO2S/c1-5-7-17-8-6-11(16)9-13-15-12(10-18-13)14(2,3)4/h10H,5-9H2,1-4H3. The van der Waals surface area contributed by atoms with Crippen molar-refractivity contribution >= 4 is 17.1 Å². The van der Waals surface area contributed by atoms with Crippen LogP contribution in [0.15, 0.2) is 5.38 Å². The molecule has 0 N–H and O–H groups in total. The lowest BCUT2D eigenvalue weighted by atomic mass is 9.93. The number of rotatable bonds is 7. The second kappa shape index (κ2) is 7.00. The van der Waals surface area contributed by atoms with Gasteiger partial charge in [0.05, 0.1) is 18.7 Å². The maximum Gasteiger partial charge on any atom is 0.141 e. The Morgan fingerprint density at radius 1 is 1.39 bits per heavy atom. The van der Waals surface area contributed by atoms with Crippen molar-refractivity contribution in [2.75, 3.05) is 13.2 Å². The van der Waals surface area contributed by atoms with Crippen LogP contribution in [0.3, 0.4) is 0 Å². The highest BCUT2D eigenvalue weighted by atomic mass is 32.1. The molecule has 0 radical (unpaired) electrons. The Labute approximate surface area is 114 Å². The smallest absolute Gasteiger partial charge is 0.141 e. The minimum Gasteiger partial charge on any atom is -0.381 e. The number of ketones is 1. The normalized spacial score (nSPS) is 11.8. The van der Waals surface area contributed by atoms with Crippen LogP contribution in [0.5, 0.6) is 0 Å². The fourth-order valence-electron chi connectivity index (χ4n) is 1.43. The monoisotopic (exact) mass is 269 g/mol. The van der Waals surface area contributed by atoms with E-state index in [4.69, 9.17) is 4.74 Å². The van der Waals surface area contributed by atoms with Gasteiger partial charge in [-0.25, -0.2) is 4.98 Å². The Bertz CT molecular complexity index is 379. The minimum absolute atomic E-state index is 0.0576. The molecular weight excluding hydrogens is 246 g/mol. The molecule has 4 heteroatoms. The van der Waals surface area contributed by atoms with E-state index in [-0.39, 0.29) is 11.2 Å². The third-order valence-corrected chi connectivity index (χ3v) is 3.39. The van der Waals surface area contributed by atoms with E-state index >= 15 is 0 Å². The van der Waals surface area contributed by atoms with Crippen molar-refractivity contribution in [2.24, 2.45) is 0 Å². The summed E-state index contributed by atoms with van der Waals surface area (Å²) < 4.78 is 5.31. The number of hydrogen-bond acceptors (Lipinski definition) is 4. The summed E-state index contributed by atoms with van der Waals surface area (Å²) in [6.07, 6.45) is 1.93. The van der Waals surface area contributed by atoms with Crippen LogP contribution in [0.1, 0.15) is 51.2 Å². The molecule has 1 aromatic heterocycles. The first-order valence-electron chi connectivity index (χ1n) is 6.47. The predicted octanol–water partition coefficient (Wildman–Crippen LogP) is 3.37. The summed E-state index contributed by atoms with van der Waals surface area (Å²) in [5.74, 6) is 0.209. The van der Waals surface area contributed by atoms with E-state index in [1.165, 1.54) is 0 Å². The molecule has 0 spiro atoms. The number of ether oxygens (including phenoxy) is 1. The van der Waals surface area contributed by atoms with Crippen LogP contribution >= 0.6 is 11.3 Å². The summed E-state index contributed by atoms with van der Waals surface area (Å²) in [6.45, 7) is 9.72. The summed E-state index contributed by atoms with van der Waals surface area (Å²) in [5.41, 5.74) is 1.12. The van der Waals surface area contributed by atoms with Crippen molar-refractivity contribution in [3.05, 3.63) is 16.1 Å². The van der Waals surface area contributed by atoms with E-state index in [9.17, 15) is 4.79 Å². The Kier molecular flexibility index (Phi) is 5.96.